The molecule has 2 aliphatic carbocycles. The standard InChI is InChI=1S/C7H7O.C6H4.Au/c1-6-2-4-7(8)5-3-6;1-2-5-4-6(5)3-1;/h2-5,8H,1H2;1-4H;/q-1;;+1. The van der Waals surface area contributed by atoms with E-state index in [0.717, 1.165) is 5.56 Å². The minimum atomic E-state index is 0. The number of hydrogen-bond acceptors (Lipinski definition) is 1. The molecule has 0 aromatic heterocycles. The van der Waals surface area contributed by atoms with Crippen LogP contribution in [0.2, 0.25) is 0 Å². The van der Waals surface area contributed by atoms with Crippen LogP contribution in [0, 0.1) is 6.92 Å². The van der Waals surface area contributed by atoms with Gasteiger partial charge in [-0.1, -0.05) is 30.3 Å². The van der Waals surface area contributed by atoms with Gasteiger partial charge < -0.3 is 5.11 Å². The molecule has 0 fully saturated rings. The molecule has 3 rings (SSSR count). The molecule has 0 unspecified atom stereocenters. The van der Waals surface area contributed by atoms with Gasteiger partial charge >= 0.3 is 22.4 Å². The van der Waals surface area contributed by atoms with Crippen molar-refractivity contribution in [2.45, 2.75) is 0 Å². The molecule has 0 radical (unpaired) electrons. The van der Waals surface area contributed by atoms with Crippen LogP contribution in [-0.2, 0) is 22.4 Å². The van der Waals surface area contributed by atoms with Gasteiger partial charge in [-0.25, -0.2) is 0 Å². The summed E-state index contributed by atoms with van der Waals surface area (Å²) < 4.78 is 0. The van der Waals surface area contributed by atoms with Gasteiger partial charge in [0.15, 0.2) is 0 Å². The molecule has 0 heterocycles. The number of phenols is 1. The average molecular weight is 380 g/mol. The van der Waals surface area contributed by atoms with E-state index in [-0.39, 0.29) is 28.1 Å². The third kappa shape index (κ3) is 3.48. The monoisotopic (exact) mass is 380 g/mol. The van der Waals surface area contributed by atoms with Crippen molar-refractivity contribution in [2.75, 3.05) is 0 Å². The van der Waals surface area contributed by atoms with E-state index in [0.29, 0.717) is 0 Å². The Bertz CT molecular complexity index is 396. The molecule has 0 saturated heterocycles. The van der Waals surface area contributed by atoms with Crippen LogP contribution in [-0.4, -0.2) is 5.11 Å². The van der Waals surface area contributed by atoms with Gasteiger partial charge in [0, 0.05) is 0 Å². The van der Waals surface area contributed by atoms with Gasteiger partial charge in [0.25, 0.3) is 0 Å². The summed E-state index contributed by atoms with van der Waals surface area (Å²) in [4.78, 5) is 0. The van der Waals surface area contributed by atoms with E-state index in [2.05, 4.69) is 31.2 Å². The normalized spacial score (nSPS) is 9.33. The minimum Gasteiger partial charge on any atom is -0.510 e. The maximum Gasteiger partial charge on any atom is 1.00 e. The molecule has 0 aliphatic heterocycles. The predicted molar refractivity (Wildman–Crippen MR) is 58.0 cm³/mol. The van der Waals surface area contributed by atoms with Gasteiger partial charge in [-0.3, -0.25) is 0 Å². The fourth-order valence-corrected chi connectivity index (χ4v) is 1.17. The Labute approximate surface area is 105 Å². The van der Waals surface area contributed by atoms with Crippen molar-refractivity contribution in [3.63, 3.8) is 0 Å². The fourth-order valence-electron chi connectivity index (χ4n) is 1.17. The van der Waals surface area contributed by atoms with E-state index in [1.807, 2.05) is 0 Å². The summed E-state index contributed by atoms with van der Waals surface area (Å²) in [6.45, 7) is 3.65. The maximum atomic E-state index is 8.73. The van der Waals surface area contributed by atoms with Crippen molar-refractivity contribution in [1.82, 2.24) is 0 Å². The Kier molecular flexibility index (Phi) is 4.04. The van der Waals surface area contributed by atoms with Crippen LogP contribution in [0.3, 0.4) is 0 Å². The van der Waals surface area contributed by atoms with Gasteiger partial charge in [0.2, 0.25) is 0 Å². The number of benzene rings is 2. The van der Waals surface area contributed by atoms with Crippen molar-refractivity contribution >= 4 is 0 Å². The minimum absolute atomic E-state index is 0. The quantitative estimate of drug-likeness (QED) is 0.469. The molecule has 0 spiro atoms. The molecule has 2 heteroatoms. The summed E-state index contributed by atoms with van der Waals surface area (Å²) in [5.41, 5.74) is 3.77. The second kappa shape index (κ2) is 5.08. The summed E-state index contributed by atoms with van der Waals surface area (Å²) in [5, 5.41) is 8.73. The molecule has 15 heavy (non-hydrogen) atoms. The Morgan fingerprint density at radius 3 is 1.67 bits per heavy atom. The Morgan fingerprint density at radius 2 is 1.40 bits per heavy atom. The summed E-state index contributed by atoms with van der Waals surface area (Å²) in [5.74, 6) is 0.289. The number of phenolic OH excluding ortho intramolecular Hbond substituents is 1. The van der Waals surface area contributed by atoms with Crippen LogP contribution in [0.25, 0.3) is 11.1 Å². The van der Waals surface area contributed by atoms with Crippen LogP contribution in [0.5, 0.6) is 5.75 Å². The topological polar surface area (TPSA) is 20.2 Å². The number of aromatic hydroxyl groups is 1. The van der Waals surface area contributed by atoms with E-state index in [1.54, 1.807) is 24.3 Å². The second-order valence-electron chi connectivity index (χ2n) is 3.25. The number of rotatable bonds is 0. The summed E-state index contributed by atoms with van der Waals surface area (Å²) in [6, 6.07) is 15.2. The number of fused-ring (bicyclic) bond motifs is 1. The van der Waals surface area contributed by atoms with E-state index in [1.165, 1.54) is 11.1 Å². The summed E-state index contributed by atoms with van der Waals surface area (Å²) in [6.07, 6.45) is 0. The predicted octanol–water partition coefficient (Wildman–Crippen LogP) is 3.24. The smallest absolute Gasteiger partial charge is 0.510 e. The molecule has 1 nitrogen and oxygen atoms in total. The first-order valence-electron chi connectivity index (χ1n) is 4.47. The molecule has 1 aromatic rings. The molecule has 1 aromatic carbocycles. The Balaban J connectivity index is 0.000000144. The van der Waals surface area contributed by atoms with Crippen molar-refractivity contribution in [2.24, 2.45) is 0 Å². The Hall–Kier alpha value is -1.15. The zero-order chi connectivity index (χ0) is 9.97. The van der Waals surface area contributed by atoms with Crippen LogP contribution in [0.15, 0.2) is 48.5 Å². The third-order valence-corrected chi connectivity index (χ3v) is 2.05. The van der Waals surface area contributed by atoms with E-state index < -0.39 is 0 Å². The maximum absolute atomic E-state index is 8.73. The van der Waals surface area contributed by atoms with E-state index in [9.17, 15) is 0 Å². The molecular weight excluding hydrogens is 369 g/mol. The van der Waals surface area contributed by atoms with Gasteiger partial charge in [-0.15, -0.1) is 0 Å². The van der Waals surface area contributed by atoms with Crippen LogP contribution < -0.4 is 0 Å². The van der Waals surface area contributed by atoms with Crippen molar-refractivity contribution < 1.29 is 27.5 Å². The zero-order valence-corrected chi connectivity index (χ0v) is 10.2. The summed E-state index contributed by atoms with van der Waals surface area (Å²) >= 11 is 0. The van der Waals surface area contributed by atoms with Crippen LogP contribution in [0.1, 0.15) is 5.56 Å². The zero-order valence-electron chi connectivity index (χ0n) is 8.07. The molecule has 0 bridgehead atoms. The molecule has 0 amide bonds. The van der Waals surface area contributed by atoms with Crippen molar-refractivity contribution in [3.8, 4) is 16.9 Å². The fraction of sp³-hybridized carbons (Fsp3) is 0. The van der Waals surface area contributed by atoms with Crippen LogP contribution in [0.4, 0.5) is 0 Å². The van der Waals surface area contributed by atoms with Gasteiger partial charge in [-0.2, -0.15) is 24.6 Å². The van der Waals surface area contributed by atoms with Crippen molar-refractivity contribution in [3.05, 3.63) is 61.0 Å². The Morgan fingerprint density at radius 1 is 0.867 bits per heavy atom. The average Bonchev–Trinajstić information content (AvgIpc) is 2.80. The number of hydrogen-bond donors (Lipinski definition) is 1. The molecule has 1 N–H and O–H groups in total. The van der Waals surface area contributed by atoms with Gasteiger partial charge in [0.1, 0.15) is 0 Å². The van der Waals surface area contributed by atoms with Crippen LogP contribution >= 0.6 is 0 Å². The first-order valence-corrected chi connectivity index (χ1v) is 4.47. The second-order valence-corrected chi connectivity index (χ2v) is 3.25. The first-order chi connectivity index (χ1) is 6.75. The molecule has 2 aliphatic rings. The van der Waals surface area contributed by atoms with E-state index in [4.69, 9.17) is 5.11 Å². The van der Waals surface area contributed by atoms with Crippen molar-refractivity contribution in [1.29, 1.82) is 0 Å². The van der Waals surface area contributed by atoms with E-state index >= 15 is 0 Å². The third-order valence-electron chi connectivity index (χ3n) is 2.05. The molecular formula is C13H11AuO. The van der Waals surface area contributed by atoms with Gasteiger partial charge in [-0.05, 0) is 17.2 Å². The summed E-state index contributed by atoms with van der Waals surface area (Å²) in [7, 11) is 0. The largest absolute Gasteiger partial charge is 1.00 e. The SMILES string of the molecule is [Au+].[CH2-]c1ccc(O)cc1.c1cc2cc-2c1. The molecule has 0 saturated carbocycles. The molecule has 80 valence electrons. The molecule has 0 atom stereocenters. The first kappa shape index (κ1) is 11.9. The van der Waals surface area contributed by atoms with Gasteiger partial charge in [0.05, 0.1) is 5.75 Å².